The van der Waals surface area contributed by atoms with Gasteiger partial charge in [-0.15, -0.1) is 0 Å². The fraction of sp³-hybridized carbons (Fsp3) is 0.538. The number of ketones is 1. The highest BCUT2D eigenvalue weighted by Crippen LogP contribution is 2.23. The number of piperidine rings is 1. The van der Waals surface area contributed by atoms with E-state index in [0.29, 0.717) is 12.5 Å². The van der Waals surface area contributed by atoms with E-state index in [1.54, 1.807) is 0 Å². The molecule has 0 spiro atoms. The van der Waals surface area contributed by atoms with Gasteiger partial charge in [-0.1, -0.05) is 30.3 Å². The molecule has 0 unspecified atom stereocenters. The van der Waals surface area contributed by atoms with Gasteiger partial charge in [-0.3, -0.25) is 14.5 Å². The summed E-state index contributed by atoms with van der Waals surface area (Å²) in [6.07, 6.45) is 4.99. The summed E-state index contributed by atoms with van der Waals surface area (Å²) in [7, 11) is 0. The van der Waals surface area contributed by atoms with Gasteiger partial charge in [0.1, 0.15) is 0 Å². The number of hydrogen-bond donors (Lipinski definition) is 0. The third-order valence-corrected chi connectivity index (χ3v) is 7.06. The lowest BCUT2D eigenvalue weighted by Crippen LogP contribution is -2.43. The molecule has 0 aliphatic carbocycles. The second-order valence-electron chi connectivity index (χ2n) is 9.18. The molecule has 1 aromatic heterocycles. The highest BCUT2D eigenvalue weighted by Gasteiger charge is 2.30. The van der Waals surface area contributed by atoms with Gasteiger partial charge >= 0.3 is 0 Å². The normalized spacial score (nSPS) is 17.9. The van der Waals surface area contributed by atoms with Crippen LogP contribution in [0.4, 0.5) is 0 Å². The Morgan fingerprint density at radius 2 is 1.65 bits per heavy atom. The minimum Gasteiger partial charge on any atom is -0.348 e. The standard InChI is InChI=1S/C26H35N3O2/c1-20-18-24(21(2)29(20)17-10-22-8-4-3-5-9-22)25(30)19-27-15-11-23(12-16-27)26(31)28-13-6-7-14-28/h3-5,8-9,18,23H,6-7,10-17,19H2,1-2H3. The van der Waals surface area contributed by atoms with Crippen LogP contribution in [-0.4, -0.2) is 58.8 Å². The summed E-state index contributed by atoms with van der Waals surface area (Å²) in [5.41, 5.74) is 4.37. The topological polar surface area (TPSA) is 45.6 Å². The van der Waals surface area contributed by atoms with E-state index >= 15 is 0 Å². The van der Waals surface area contributed by atoms with Crippen LogP contribution in [0, 0.1) is 19.8 Å². The Labute approximate surface area is 186 Å². The first kappa shape index (κ1) is 21.8. The molecule has 0 bridgehead atoms. The van der Waals surface area contributed by atoms with Crippen molar-refractivity contribution in [2.24, 2.45) is 5.92 Å². The second-order valence-corrected chi connectivity index (χ2v) is 9.18. The highest BCUT2D eigenvalue weighted by atomic mass is 16.2. The summed E-state index contributed by atoms with van der Waals surface area (Å²) in [5.74, 6) is 0.682. The number of nitrogens with zero attached hydrogens (tertiary/aromatic N) is 3. The SMILES string of the molecule is Cc1cc(C(=O)CN2CCC(C(=O)N3CCCC3)CC2)c(C)n1CCc1ccccc1. The minimum absolute atomic E-state index is 0.146. The smallest absolute Gasteiger partial charge is 0.225 e. The van der Waals surface area contributed by atoms with Crippen LogP contribution in [0.3, 0.4) is 0 Å². The predicted octanol–water partition coefficient (Wildman–Crippen LogP) is 3.86. The molecule has 3 heterocycles. The van der Waals surface area contributed by atoms with E-state index in [1.165, 1.54) is 5.56 Å². The highest BCUT2D eigenvalue weighted by molar-refractivity contribution is 5.99. The lowest BCUT2D eigenvalue weighted by molar-refractivity contribution is -0.135. The predicted molar refractivity (Wildman–Crippen MR) is 123 cm³/mol. The first-order valence-electron chi connectivity index (χ1n) is 11.8. The van der Waals surface area contributed by atoms with Gasteiger partial charge in [0.25, 0.3) is 0 Å². The van der Waals surface area contributed by atoms with E-state index in [0.717, 1.165) is 81.8 Å². The number of Topliss-reactive ketones (excluding diaryl/α,β-unsaturated/α-hetero) is 1. The van der Waals surface area contributed by atoms with Crippen molar-refractivity contribution in [3.8, 4) is 0 Å². The maximum Gasteiger partial charge on any atom is 0.225 e. The van der Waals surface area contributed by atoms with Gasteiger partial charge in [0.15, 0.2) is 5.78 Å². The number of carbonyl (C=O) groups is 2. The molecule has 2 saturated heterocycles. The molecule has 5 heteroatoms. The molecule has 0 N–H and O–H groups in total. The summed E-state index contributed by atoms with van der Waals surface area (Å²) in [5, 5.41) is 0. The second kappa shape index (κ2) is 9.82. The summed E-state index contributed by atoms with van der Waals surface area (Å²) >= 11 is 0. The summed E-state index contributed by atoms with van der Waals surface area (Å²) < 4.78 is 2.27. The quantitative estimate of drug-likeness (QED) is 0.638. The molecule has 0 atom stereocenters. The van der Waals surface area contributed by atoms with E-state index in [1.807, 2.05) is 17.0 Å². The van der Waals surface area contributed by atoms with Crippen molar-refractivity contribution in [3.63, 3.8) is 0 Å². The van der Waals surface area contributed by atoms with Crippen LogP contribution < -0.4 is 0 Å². The van der Waals surface area contributed by atoms with E-state index in [-0.39, 0.29) is 11.7 Å². The first-order chi connectivity index (χ1) is 15.0. The lowest BCUT2D eigenvalue weighted by atomic mass is 9.95. The van der Waals surface area contributed by atoms with Crippen LogP contribution >= 0.6 is 0 Å². The average Bonchev–Trinajstić information content (AvgIpc) is 3.42. The number of carbonyl (C=O) groups excluding carboxylic acids is 2. The maximum absolute atomic E-state index is 13.1. The first-order valence-corrected chi connectivity index (χ1v) is 11.8. The Balaban J connectivity index is 1.31. The molecule has 31 heavy (non-hydrogen) atoms. The number of benzene rings is 1. The van der Waals surface area contributed by atoms with E-state index in [9.17, 15) is 9.59 Å². The number of hydrogen-bond acceptors (Lipinski definition) is 3. The van der Waals surface area contributed by atoms with E-state index in [4.69, 9.17) is 0 Å². The number of likely N-dealkylation sites (tertiary alicyclic amines) is 2. The number of aryl methyl sites for hydroxylation is 2. The zero-order chi connectivity index (χ0) is 21.8. The van der Waals surface area contributed by atoms with Crippen molar-refractivity contribution >= 4 is 11.7 Å². The molecule has 2 aliphatic heterocycles. The van der Waals surface area contributed by atoms with Gasteiger partial charge in [0.05, 0.1) is 6.54 Å². The van der Waals surface area contributed by atoms with E-state index < -0.39 is 0 Å². The molecular formula is C26H35N3O2. The fourth-order valence-electron chi connectivity index (χ4n) is 5.14. The molecule has 166 valence electrons. The lowest BCUT2D eigenvalue weighted by Gasteiger charge is -2.32. The third kappa shape index (κ3) is 5.09. The molecule has 2 aromatic rings. The van der Waals surface area contributed by atoms with Gasteiger partial charge in [0, 0.05) is 42.5 Å². The van der Waals surface area contributed by atoms with Crippen molar-refractivity contribution in [2.45, 2.75) is 52.5 Å². The average molecular weight is 422 g/mol. The third-order valence-electron chi connectivity index (χ3n) is 7.06. The molecule has 2 aliphatic rings. The number of rotatable bonds is 7. The number of aromatic nitrogens is 1. The Hall–Kier alpha value is -2.40. The monoisotopic (exact) mass is 421 g/mol. The Morgan fingerprint density at radius 1 is 0.968 bits per heavy atom. The van der Waals surface area contributed by atoms with Crippen LogP contribution in [0.1, 0.15) is 53.0 Å². The molecule has 1 amide bonds. The molecule has 5 nitrogen and oxygen atoms in total. The zero-order valence-corrected chi connectivity index (χ0v) is 19.0. The van der Waals surface area contributed by atoms with Gasteiger partial charge in [-0.25, -0.2) is 0 Å². The Bertz CT molecular complexity index is 904. The van der Waals surface area contributed by atoms with Crippen molar-refractivity contribution < 1.29 is 9.59 Å². The van der Waals surface area contributed by atoms with Crippen LogP contribution in [0.2, 0.25) is 0 Å². The molecule has 1 aromatic carbocycles. The zero-order valence-electron chi connectivity index (χ0n) is 19.0. The van der Waals surface area contributed by atoms with Crippen molar-refractivity contribution in [2.75, 3.05) is 32.7 Å². The van der Waals surface area contributed by atoms with E-state index in [2.05, 4.69) is 47.6 Å². The van der Waals surface area contributed by atoms with Crippen LogP contribution in [0.5, 0.6) is 0 Å². The summed E-state index contributed by atoms with van der Waals surface area (Å²) in [4.78, 5) is 30.0. The van der Waals surface area contributed by atoms with Crippen molar-refractivity contribution in [3.05, 3.63) is 58.9 Å². The van der Waals surface area contributed by atoms with Crippen LogP contribution in [0.25, 0.3) is 0 Å². The Kier molecular flexibility index (Phi) is 6.91. The Morgan fingerprint density at radius 3 is 2.32 bits per heavy atom. The summed E-state index contributed by atoms with van der Waals surface area (Å²) in [6, 6.07) is 12.5. The maximum atomic E-state index is 13.1. The van der Waals surface area contributed by atoms with Gasteiger partial charge < -0.3 is 9.47 Å². The molecule has 0 saturated carbocycles. The molecule has 2 fully saturated rings. The minimum atomic E-state index is 0.146. The molecule has 4 rings (SSSR count). The largest absolute Gasteiger partial charge is 0.348 e. The van der Waals surface area contributed by atoms with Gasteiger partial charge in [-0.2, -0.15) is 0 Å². The van der Waals surface area contributed by atoms with Crippen LogP contribution in [0.15, 0.2) is 36.4 Å². The van der Waals surface area contributed by atoms with Crippen molar-refractivity contribution in [1.82, 2.24) is 14.4 Å². The van der Waals surface area contributed by atoms with Crippen molar-refractivity contribution in [1.29, 1.82) is 0 Å². The van der Waals surface area contributed by atoms with Gasteiger partial charge in [-0.05, 0) is 70.7 Å². The number of amides is 1. The molecule has 0 radical (unpaired) electrons. The summed E-state index contributed by atoms with van der Waals surface area (Å²) in [6.45, 7) is 9.02. The molecular weight excluding hydrogens is 386 g/mol. The van der Waals surface area contributed by atoms with Gasteiger partial charge in [0.2, 0.25) is 5.91 Å². The fourth-order valence-corrected chi connectivity index (χ4v) is 5.14. The van der Waals surface area contributed by atoms with Crippen LogP contribution in [-0.2, 0) is 17.8 Å².